The first-order valence-electron chi connectivity index (χ1n) is 7.64. The molecule has 0 aliphatic rings. The first kappa shape index (κ1) is 19.7. The van der Waals surface area contributed by atoms with Gasteiger partial charge in [-0.15, -0.1) is 0 Å². The Kier molecular flexibility index (Phi) is 8.95. The number of carbonyl (C=O) groups is 1. The first-order valence-corrected chi connectivity index (χ1v) is 7.64. The molecule has 0 radical (unpaired) electrons. The van der Waals surface area contributed by atoms with Crippen molar-refractivity contribution < 1.29 is 14.3 Å². The second kappa shape index (κ2) is 9.56. The van der Waals surface area contributed by atoms with Gasteiger partial charge in [0.1, 0.15) is 5.76 Å². The van der Waals surface area contributed by atoms with E-state index < -0.39 is 0 Å². The molecular weight excluding hydrogens is 264 g/mol. The van der Waals surface area contributed by atoms with Gasteiger partial charge < -0.3 is 9.47 Å². The van der Waals surface area contributed by atoms with Crippen molar-refractivity contribution in [2.24, 2.45) is 0 Å². The van der Waals surface area contributed by atoms with Crippen molar-refractivity contribution in [1.29, 1.82) is 0 Å². The third kappa shape index (κ3) is 7.86. The number of carbonyl (C=O) groups excluding carboxylic acids is 1. The summed E-state index contributed by atoms with van der Waals surface area (Å²) in [6, 6.07) is 0. The van der Waals surface area contributed by atoms with E-state index >= 15 is 0 Å². The SMILES string of the molecule is C=C/C(CC)=C(OC(=O)CCC)\C(=C/C)COC(C)(C)C. The Morgan fingerprint density at radius 3 is 2.24 bits per heavy atom. The average Bonchev–Trinajstić information content (AvgIpc) is 2.39. The van der Waals surface area contributed by atoms with Crippen molar-refractivity contribution in [3.8, 4) is 0 Å². The van der Waals surface area contributed by atoms with Gasteiger partial charge >= 0.3 is 5.97 Å². The zero-order chi connectivity index (χ0) is 16.5. The second-order valence-corrected chi connectivity index (χ2v) is 5.85. The summed E-state index contributed by atoms with van der Waals surface area (Å²) in [5.41, 5.74) is 1.56. The van der Waals surface area contributed by atoms with Crippen molar-refractivity contribution in [3.63, 3.8) is 0 Å². The quantitative estimate of drug-likeness (QED) is 0.361. The number of rotatable bonds is 8. The third-order valence-electron chi connectivity index (χ3n) is 2.89. The van der Waals surface area contributed by atoms with Crippen LogP contribution < -0.4 is 0 Å². The summed E-state index contributed by atoms with van der Waals surface area (Å²) >= 11 is 0. The predicted octanol–water partition coefficient (Wildman–Crippen LogP) is 4.94. The molecule has 21 heavy (non-hydrogen) atoms. The minimum absolute atomic E-state index is 0.213. The summed E-state index contributed by atoms with van der Waals surface area (Å²) in [5.74, 6) is 0.383. The number of allylic oxidation sites excluding steroid dienone is 3. The molecule has 0 aromatic rings. The predicted molar refractivity (Wildman–Crippen MR) is 88.0 cm³/mol. The molecule has 3 heteroatoms. The Labute approximate surface area is 129 Å². The number of ether oxygens (including phenoxy) is 2. The summed E-state index contributed by atoms with van der Waals surface area (Å²) < 4.78 is 11.4. The standard InChI is InChI=1S/C18H30O3/c1-8-12-16(19)21-17(14(9-2)10-3)15(11-4)13-20-18(5,6)7/h9,11H,2,8,10,12-13H2,1,3-7H3/b15-11-,17-14-. The van der Waals surface area contributed by atoms with Crippen LogP contribution in [0.4, 0.5) is 0 Å². The molecule has 0 aromatic carbocycles. The third-order valence-corrected chi connectivity index (χ3v) is 2.89. The fraction of sp³-hybridized carbons (Fsp3) is 0.611. The first-order chi connectivity index (χ1) is 9.78. The van der Waals surface area contributed by atoms with Gasteiger partial charge in [0.05, 0.1) is 12.2 Å². The number of hydrogen-bond acceptors (Lipinski definition) is 3. The molecule has 0 unspecified atom stereocenters. The van der Waals surface area contributed by atoms with E-state index in [0.29, 0.717) is 18.8 Å². The lowest BCUT2D eigenvalue weighted by Crippen LogP contribution is -2.22. The lowest BCUT2D eigenvalue weighted by Gasteiger charge is -2.22. The van der Waals surface area contributed by atoms with Gasteiger partial charge in [-0.3, -0.25) is 4.79 Å². The number of hydrogen-bond donors (Lipinski definition) is 0. The maximum Gasteiger partial charge on any atom is 0.311 e. The summed E-state index contributed by atoms with van der Waals surface area (Å²) in [6.07, 6.45) is 5.61. The average molecular weight is 294 g/mol. The van der Waals surface area contributed by atoms with Gasteiger partial charge in [0.2, 0.25) is 0 Å². The molecule has 0 heterocycles. The maximum absolute atomic E-state index is 11.9. The van der Waals surface area contributed by atoms with E-state index in [0.717, 1.165) is 24.0 Å². The Hall–Kier alpha value is -1.35. The molecule has 0 N–H and O–H groups in total. The largest absolute Gasteiger partial charge is 0.426 e. The smallest absolute Gasteiger partial charge is 0.311 e. The summed E-state index contributed by atoms with van der Waals surface area (Å²) in [7, 11) is 0. The molecule has 0 atom stereocenters. The Morgan fingerprint density at radius 1 is 1.24 bits per heavy atom. The van der Waals surface area contributed by atoms with Gasteiger partial charge in [-0.2, -0.15) is 0 Å². The molecule has 0 amide bonds. The van der Waals surface area contributed by atoms with Crippen molar-refractivity contribution in [1.82, 2.24) is 0 Å². The van der Waals surface area contributed by atoms with Gasteiger partial charge in [0, 0.05) is 12.0 Å². The zero-order valence-corrected chi connectivity index (χ0v) is 14.4. The van der Waals surface area contributed by atoms with Gasteiger partial charge in [-0.05, 0) is 46.1 Å². The lowest BCUT2D eigenvalue weighted by atomic mass is 10.1. The highest BCUT2D eigenvalue weighted by Crippen LogP contribution is 2.23. The van der Waals surface area contributed by atoms with Crippen LogP contribution in [0.25, 0.3) is 0 Å². The topological polar surface area (TPSA) is 35.5 Å². The second-order valence-electron chi connectivity index (χ2n) is 5.85. The van der Waals surface area contributed by atoms with Crippen LogP contribution in [0, 0.1) is 0 Å². The van der Waals surface area contributed by atoms with Crippen LogP contribution in [0.5, 0.6) is 0 Å². The van der Waals surface area contributed by atoms with E-state index in [1.54, 1.807) is 6.08 Å². The van der Waals surface area contributed by atoms with Crippen molar-refractivity contribution >= 4 is 5.97 Å². The van der Waals surface area contributed by atoms with Crippen LogP contribution in [0.15, 0.2) is 35.6 Å². The van der Waals surface area contributed by atoms with Gasteiger partial charge in [-0.25, -0.2) is 0 Å². The molecule has 0 saturated heterocycles. The highest BCUT2D eigenvalue weighted by Gasteiger charge is 2.18. The molecule has 0 aliphatic heterocycles. The molecule has 0 bridgehead atoms. The molecule has 120 valence electrons. The minimum atomic E-state index is -0.243. The molecule has 0 rings (SSSR count). The van der Waals surface area contributed by atoms with E-state index in [-0.39, 0.29) is 11.6 Å². The monoisotopic (exact) mass is 294 g/mol. The highest BCUT2D eigenvalue weighted by molar-refractivity contribution is 5.71. The van der Waals surface area contributed by atoms with E-state index in [4.69, 9.17) is 9.47 Å². The van der Waals surface area contributed by atoms with E-state index in [9.17, 15) is 4.79 Å². The van der Waals surface area contributed by atoms with Crippen molar-refractivity contribution in [2.45, 2.75) is 66.4 Å². The maximum atomic E-state index is 11.9. The van der Waals surface area contributed by atoms with Crippen molar-refractivity contribution in [2.75, 3.05) is 6.61 Å². The number of esters is 1. The molecule has 0 aliphatic carbocycles. The van der Waals surface area contributed by atoms with Crippen LogP contribution in [0.1, 0.15) is 60.8 Å². The minimum Gasteiger partial charge on any atom is -0.426 e. The molecule has 0 aromatic heterocycles. The molecule has 0 saturated carbocycles. The Bertz CT molecular complexity index is 409. The summed E-state index contributed by atoms with van der Waals surface area (Å²) in [6.45, 7) is 16.1. The van der Waals surface area contributed by atoms with Gasteiger partial charge in [0.15, 0.2) is 0 Å². The molecule has 0 fully saturated rings. The normalized spacial score (nSPS) is 13.7. The lowest BCUT2D eigenvalue weighted by molar-refractivity contribution is -0.139. The summed E-state index contributed by atoms with van der Waals surface area (Å²) in [5, 5.41) is 0. The summed E-state index contributed by atoms with van der Waals surface area (Å²) in [4.78, 5) is 11.9. The van der Waals surface area contributed by atoms with E-state index in [1.807, 2.05) is 47.6 Å². The van der Waals surface area contributed by atoms with Crippen LogP contribution in [0.3, 0.4) is 0 Å². The van der Waals surface area contributed by atoms with Crippen LogP contribution in [0.2, 0.25) is 0 Å². The van der Waals surface area contributed by atoms with Crippen LogP contribution in [-0.4, -0.2) is 18.2 Å². The highest BCUT2D eigenvalue weighted by atomic mass is 16.5. The van der Waals surface area contributed by atoms with Gasteiger partial charge in [-0.1, -0.05) is 32.6 Å². The Morgan fingerprint density at radius 2 is 1.86 bits per heavy atom. The van der Waals surface area contributed by atoms with E-state index in [2.05, 4.69) is 6.58 Å². The fourth-order valence-corrected chi connectivity index (χ4v) is 1.68. The zero-order valence-electron chi connectivity index (χ0n) is 14.4. The van der Waals surface area contributed by atoms with Crippen LogP contribution in [-0.2, 0) is 14.3 Å². The van der Waals surface area contributed by atoms with Crippen molar-refractivity contribution in [3.05, 3.63) is 35.6 Å². The Balaban J connectivity index is 5.31. The van der Waals surface area contributed by atoms with Crippen LogP contribution >= 0.6 is 0 Å². The van der Waals surface area contributed by atoms with Gasteiger partial charge in [0.25, 0.3) is 0 Å². The van der Waals surface area contributed by atoms with E-state index in [1.165, 1.54) is 0 Å². The fourth-order valence-electron chi connectivity index (χ4n) is 1.68. The molecule has 0 spiro atoms. The molecular formula is C18H30O3. The molecule has 3 nitrogen and oxygen atoms in total.